The second-order valence-electron chi connectivity index (χ2n) is 7.70. The zero-order chi connectivity index (χ0) is 20.5. The van der Waals surface area contributed by atoms with Crippen molar-refractivity contribution in [1.82, 2.24) is 9.91 Å². The Morgan fingerprint density at radius 3 is 2.17 bits per heavy atom. The zero-order valence-corrected chi connectivity index (χ0v) is 18.5. The lowest BCUT2D eigenvalue weighted by molar-refractivity contribution is 0.114. The van der Waals surface area contributed by atoms with Crippen molar-refractivity contribution >= 4 is 22.1 Å². The number of halogens is 1. The molecule has 1 saturated heterocycles. The first-order valence-electron chi connectivity index (χ1n) is 10.3. The predicted octanol–water partition coefficient (Wildman–Crippen LogP) is 5.18. The van der Waals surface area contributed by atoms with Gasteiger partial charge in [0, 0.05) is 36.2 Å². The van der Waals surface area contributed by atoms with Gasteiger partial charge in [0.15, 0.2) is 0 Å². The van der Waals surface area contributed by atoms with Crippen molar-refractivity contribution in [3.63, 3.8) is 0 Å². The van der Waals surface area contributed by atoms with Crippen LogP contribution >= 0.6 is 15.9 Å². The fourth-order valence-corrected chi connectivity index (χ4v) is 4.94. The van der Waals surface area contributed by atoms with Crippen LogP contribution in [0.15, 0.2) is 76.3 Å². The Morgan fingerprint density at radius 2 is 1.53 bits per heavy atom. The van der Waals surface area contributed by atoms with Crippen molar-refractivity contribution in [2.24, 2.45) is 5.10 Å². The van der Waals surface area contributed by atoms with E-state index >= 15 is 0 Å². The van der Waals surface area contributed by atoms with E-state index in [0.29, 0.717) is 6.04 Å². The molecule has 0 radical (unpaired) electrons. The van der Waals surface area contributed by atoms with E-state index in [4.69, 9.17) is 9.84 Å². The van der Waals surface area contributed by atoms with Crippen molar-refractivity contribution in [3.05, 3.63) is 87.9 Å². The molecule has 0 aromatic heterocycles. The fourth-order valence-electron chi connectivity index (χ4n) is 4.56. The minimum absolute atomic E-state index is 0.341. The fraction of sp³-hybridized carbons (Fsp3) is 0.240. The predicted molar refractivity (Wildman–Crippen MR) is 125 cm³/mol. The number of hydrogen-bond acceptors (Lipinski definition) is 4. The van der Waals surface area contributed by atoms with E-state index in [-0.39, 0.29) is 0 Å². The lowest BCUT2D eigenvalue weighted by atomic mass is 10.0. The summed E-state index contributed by atoms with van der Waals surface area (Å²) in [5, 5.41) is 6.89. The number of nitrogens with zero attached hydrogens (tertiary/aromatic N) is 3. The highest BCUT2D eigenvalue weighted by Crippen LogP contribution is 2.46. The molecule has 0 atom stereocenters. The number of benzene rings is 3. The highest BCUT2D eigenvalue weighted by molar-refractivity contribution is 9.10. The van der Waals surface area contributed by atoms with Gasteiger partial charge in [-0.1, -0.05) is 64.5 Å². The number of piperazine rings is 1. The Balaban J connectivity index is 1.32. The molecule has 30 heavy (non-hydrogen) atoms. The van der Waals surface area contributed by atoms with Crippen LogP contribution in [-0.4, -0.2) is 49.4 Å². The molecule has 2 aliphatic rings. The molecule has 1 heterocycles. The van der Waals surface area contributed by atoms with Crippen LogP contribution in [0, 0.1) is 0 Å². The van der Waals surface area contributed by atoms with Crippen LogP contribution in [0.5, 0.6) is 5.75 Å². The summed E-state index contributed by atoms with van der Waals surface area (Å²) in [5.41, 5.74) is 6.58. The lowest BCUT2D eigenvalue weighted by Gasteiger charge is -2.37. The average molecular weight is 462 g/mol. The Labute approximate surface area is 185 Å². The van der Waals surface area contributed by atoms with Crippen LogP contribution in [0.3, 0.4) is 0 Å². The number of methoxy groups -OCH3 is 1. The Bertz CT molecular complexity index is 1040. The quantitative estimate of drug-likeness (QED) is 0.501. The molecule has 0 spiro atoms. The van der Waals surface area contributed by atoms with Gasteiger partial charge in [-0.05, 0) is 40.5 Å². The van der Waals surface area contributed by atoms with Crippen LogP contribution in [0.25, 0.3) is 11.1 Å². The van der Waals surface area contributed by atoms with Crippen LogP contribution in [0.4, 0.5) is 0 Å². The van der Waals surface area contributed by atoms with Gasteiger partial charge in [0.1, 0.15) is 5.75 Å². The topological polar surface area (TPSA) is 28.1 Å². The Kier molecular flexibility index (Phi) is 5.32. The summed E-state index contributed by atoms with van der Waals surface area (Å²) in [6.45, 7) is 3.79. The summed E-state index contributed by atoms with van der Waals surface area (Å²) in [5.74, 6) is 0.833. The van der Waals surface area contributed by atoms with Gasteiger partial charge in [-0.15, -0.1) is 0 Å². The maximum atomic E-state index is 5.45. The molecule has 0 unspecified atom stereocenters. The standard InChI is InChI=1S/C25H24BrN3O/c1-30-24-11-10-19(26)16-18(24)17-27-29-14-12-28(13-15-29)25-22-8-4-2-6-20(22)21-7-3-5-9-23(21)25/h2-11,16-17,25H,12-15H2,1H3. The van der Waals surface area contributed by atoms with Gasteiger partial charge in [0.25, 0.3) is 0 Å². The number of rotatable bonds is 4. The Morgan fingerprint density at radius 1 is 0.900 bits per heavy atom. The molecule has 4 nitrogen and oxygen atoms in total. The molecule has 152 valence electrons. The molecule has 3 aromatic rings. The third-order valence-corrected chi connectivity index (χ3v) is 6.50. The molecule has 1 fully saturated rings. The smallest absolute Gasteiger partial charge is 0.127 e. The highest BCUT2D eigenvalue weighted by atomic mass is 79.9. The van der Waals surface area contributed by atoms with E-state index in [0.717, 1.165) is 42.0 Å². The number of ether oxygens (including phenoxy) is 1. The van der Waals surface area contributed by atoms with Crippen LogP contribution in [0.2, 0.25) is 0 Å². The van der Waals surface area contributed by atoms with Crippen molar-refractivity contribution in [2.75, 3.05) is 33.3 Å². The summed E-state index contributed by atoms with van der Waals surface area (Å²) >= 11 is 3.53. The van der Waals surface area contributed by atoms with Gasteiger partial charge < -0.3 is 4.74 Å². The molecule has 0 amide bonds. The highest BCUT2D eigenvalue weighted by Gasteiger charge is 2.33. The van der Waals surface area contributed by atoms with Gasteiger partial charge in [-0.2, -0.15) is 5.10 Å². The third kappa shape index (κ3) is 3.53. The van der Waals surface area contributed by atoms with Crippen molar-refractivity contribution < 1.29 is 4.74 Å². The first-order valence-corrected chi connectivity index (χ1v) is 11.1. The van der Waals surface area contributed by atoms with E-state index in [9.17, 15) is 0 Å². The maximum absolute atomic E-state index is 5.45. The molecule has 3 aromatic carbocycles. The van der Waals surface area contributed by atoms with Gasteiger partial charge in [0.05, 0.1) is 19.4 Å². The van der Waals surface area contributed by atoms with E-state index in [1.807, 2.05) is 24.4 Å². The molecule has 5 heteroatoms. The summed E-state index contributed by atoms with van der Waals surface area (Å²) in [6, 6.07) is 24.0. The van der Waals surface area contributed by atoms with Crippen molar-refractivity contribution in [1.29, 1.82) is 0 Å². The molecule has 0 saturated carbocycles. The van der Waals surface area contributed by atoms with Gasteiger partial charge >= 0.3 is 0 Å². The number of hydrogen-bond donors (Lipinski definition) is 0. The summed E-state index contributed by atoms with van der Waals surface area (Å²) in [7, 11) is 1.69. The lowest BCUT2D eigenvalue weighted by Crippen LogP contribution is -2.45. The summed E-state index contributed by atoms with van der Waals surface area (Å²) < 4.78 is 6.47. The molecule has 1 aliphatic carbocycles. The number of hydrazone groups is 1. The SMILES string of the molecule is COc1ccc(Br)cc1C=NN1CCN(C2c3ccccc3-c3ccccc32)CC1. The second kappa shape index (κ2) is 8.25. The maximum Gasteiger partial charge on any atom is 0.127 e. The zero-order valence-electron chi connectivity index (χ0n) is 17.0. The van der Waals surface area contributed by atoms with Gasteiger partial charge in [-0.3, -0.25) is 9.91 Å². The number of fused-ring (bicyclic) bond motifs is 3. The van der Waals surface area contributed by atoms with Crippen LogP contribution in [-0.2, 0) is 0 Å². The van der Waals surface area contributed by atoms with E-state index in [1.54, 1.807) is 7.11 Å². The minimum Gasteiger partial charge on any atom is -0.496 e. The van der Waals surface area contributed by atoms with Gasteiger partial charge in [-0.25, -0.2) is 0 Å². The first-order chi connectivity index (χ1) is 14.7. The minimum atomic E-state index is 0.341. The molecule has 5 rings (SSSR count). The summed E-state index contributed by atoms with van der Waals surface area (Å²) in [6.07, 6.45) is 1.90. The molecule has 0 bridgehead atoms. The molecular weight excluding hydrogens is 438 g/mol. The third-order valence-electron chi connectivity index (χ3n) is 6.01. The monoisotopic (exact) mass is 461 g/mol. The van der Waals surface area contributed by atoms with Crippen molar-refractivity contribution in [2.45, 2.75) is 6.04 Å². The van der Waals surface area contributed by atoms with Gasteiger partial charge in [0.2, 0.25) is 0 Å². The molecule has 1 aliphatic heterocycles. The van der Waals surface area contributed by atoms with Crippen LogP contribution in [0.1, 0.15) is 22.7 Å². The largest absolute Gasteiger partial charge is 0.496 e. The molecule has 0 N–H and O–H groups in total. The normalized spacial score (nSPS) is 16.7. The average Bonchev–Trinajstić information content (AvgIpc) is 3.13. The van der Waals surface area contributed by atoms with E-state index < -0.39 is 0 Å². The van der Waals surface area contributed by atoms with E-state index in [2.05, 4.69) is 74.4 Å². The second-order valence-corrected chi connectivity index (χ2v) is 8.61. The first kappa shape index (κ1) is 19.3. The molecular formula is C25H24BrN3O. The van der Waals surface area contributed by atoms with E-state index in [1.165, 1.54) is 22.3 Å². The Hall–Kier alpha value is -2.63. The van der Waals surface area contributed by atoms with Crippen molar-refractivity contribution in [3.8, 4) is 16.9 Å². The summed E-state index contributed by atoms with van der Waals surface area (Å²) in [4.78, 5) is 2.59. The van der Waals surface area contributed by atoms with Crippen LogP contribution < -0.4 is 4.74 Å².